The summed E-state index contributed by atoms with van der Waals surface area (Å²) in [6.07, 6.45) is 7.47. The van der Waals surface area contributed by atoms with Crippen LogP contribution in [0.5, 0.6) is 0 Å². The monoisotopic (exact) mass is 370 g/mol. The molecular formula is C22H27ClN2O. The van der Waals surface area contributed by atoms with Gasteiger partial charge in [0.05, 0.1) is 5.71 Å². The number of benzene rings is 2. The van der Waals surface area contributed by atoms with Gasteiger partial charge in [-0.1, -0.05) is 67.2 Å². The highest BCUT2D eigenvalue weighted by atomic mass is 35.5. The number of hydrogen-bond acceptors (Lipinski definition) is 3. The van der Waals surface area contributed by atoms with Crippen LogP contribution in [0.1, 0.15) is 68.1 Å². The molecule has 0 aliphatic heterocycles. The molecule has 3 rings (SSSR count). The van der Waals surface area contributed by atoms with Crippen molar-refractivity contribution in [2.75, 3.05) is 5.73 Å². The summed E-state index contributed by atoms with van der Waals surface area (Å²) in [4.78, 5) is 5.60. The zero-order valence-corrected chi connectivity index (χ0v) is 16.1. The van der Waals surface area contributed by atoms with Crippen LogP contribution in [0.4, 0.5) is 5.69 Å². The fraction of sp³-hybridized carbons (Fsp3) is 0.409. The molecule has 0 radical (unpaired) electrons. The van der Waals surface area contributed by atoms with Gasteiger partial charge in [0.15, 0.2) is 0 Å². The predicted octanol–water partition coefficient (Wildman–Crippen LogP) is 6.30. The second-order valence-corrected chi connectivity index (χ2v) is 7.41. The van der Waals surface area contributed by atoms with Gasteiger partial charge in [0, 0.05) is 16.3 Å². The van der Waals surface area contributed by atoms with Crippen molar-refractivity contribution in [3.8, 4) is 0 Å². The van der Waals surface area contributed by atoms with Crippen LogP contribution in [0.3, 0.4) is 0 Å². The third-order valence-electron chi connectivity index (χ3n) is 5.12. The van der Waals surface area contributed by atoms with Gasteiger partial charge in [-0.25, -0.2) is 0 Å². The molecule has 0 unspecified atom stereocenters. The van der Waals surface area contributed by atoms with Crippen LogP contribution in [-0.2, 0) is 11.4 Å². The van der Waals surface area contributed by atoms with E-state index in [-0.39, 0.29) is 0 Å². The number of nitrogen functional groups attached to an aromatic ring is 1. The molecule has 1 saturated carbocycles. The zero-order chi connectivity index (χ0) is 18.4. The molecular weight excluding hydrogens is 344 g/mol. The van der Waals surface area contributed by atoms with Crippen molar-refractivity contribution >= 4 is 23.0 Å². The molecule has 0 amide bonds. The Labute approximate surface area is 161 Å². The first-order chi connectivity index (χ1) is 12.7. The molecule has 26 heavy (non-hydrogen) atoms. The van der Waals surface area contributed by atoms with Gasteiger partial charge in [-0.2, -0.15) is 0 Å². The minimum atomic E-state index is 0.453. The minimum Gasteiger partial charge on any atom is -0.398 e. The standard InChI is InChI=1S/C22H27ClN2O/c1-2-22(20-14-19(23)12-13-21(20)24)25-26-15-16-8-10-18(11-9-16)17-6-4-3-5-7-17/h8-14,17H,2-7,15,24H2,1H3/b25-22+. The lowest BCUT2D eigenvalue weighted by atomic mass is 9.84. The summed E-state index contributed by atoms with van der Waals surface area (Å²) in [5.74, 6) is 0.731. The summed E-state index contributed by atoms with van der Waals surface area (Å²) in [6.45, 7) is 2.48. The molecule has 4 heteroatoms. The van der Waals surface area contributed by atoms with Crippen molar-refractivity contribution in [1.29, 1.82) is 0 Å². The van der Waals surface area contributed by atoms with Gasteiger partial charge in [-0.3, -0.25) is 0 Å². The Bertz CT molecular complexity index is 749. The van der Waals surface area contributed by atoms with Gasteiger partial charge in [0.1, 0.15) is 6.61 Å². The molecule has 1 fully saturated rings. The predicted molar refractivity (Wildman–Crippen MR) is 110 cm³/mol. The first-order valence-electron chi connectivity index (χ1n) is 9.50. The van der Waals surface area contributed by atoms with Crippen molar-refractivity contribution in [2.45, 2.75) is 58.0 Å². The van der Waals surface area contributed by atoms with Crippen LogP contribution in [-0.4, -0.2) is 5.71 Å². The van der Waals surface area contributed by atoms with E-state index in [2.05, 4.69) is 29.4 Å². The summed E-state index contributed by atoms with van der Waals surface area (Å²) in [5.41, 5.74) is 10.9. The lowest BCUT2D eigenvalue weighted by Gasteiger charge is -2.22. The number of halogens is 1. The lowest BCUT2D eigenvalue weighted by molar-refractivity contribution is 0.130. The highest BCUT2D eigenvalue weighted by Gasteiger charge is 2.15. The van der Waals surface area contributed by atoms with Crippen molar-refractivity contribution in [3.05, 3.63) is 64.2 Å². The summed E-state index contributed by atoms with van der Waals surface area (Å²) < 4.78 is 0. The molecule has 0 spiro atoms. The maximum absolute atomic E-state index is 6.08. The van der Waals surface area contributed by atoms with Crippen molar-refractivity contribution in [3.63, 3.8) is 0 Å². The number of nitrogens with two attached hydrogens (primary N) is 1. The van der Waals surface area contributed by atoms with Crippen LogP contribution in [0.15, 0.2) is 47.6 Å². The third-order valence-corrected chi connectivity index (χ3v) is 5.36. The van der Waals surface area contributed by atoms with E-state index in [9.17, 15) is 0 Å². The molecule has 1 aliphatic rings. The van der Waals surface area contributed by atoms with Gasteiger partial charge in [0.25, 0.3) is 0 Å². The van der Waals surface area contributed by atoms with Gasteiger partial charge < -0.3 is 10.6 Å². The van der Waals surface area contributed by atoms with Crippen LogP contribution in [0.25, 0.3) is 0 Å². The Balaban J connectivity index is 1.62. The van der Waals surface area contributed by atoms with Gasteiger partial charge in [-0.05, 0) is 54.5 Å². The highest BCUT2D eigenvalue weighted by molar-refractivity contribution is 6.31. The van der Waals surface area contributed by atoms with Crippen molar-refractivity contribution in [2.24, 2.45) is 5.16 Å². The average molecular weight is 371 g/mol. The quantitative estimate of drug-likeness (QED) is 0.368. The normalized spacial score (nSPS) is 15.8. The van der Waals surface area contributed by atoms with Gasteiger partial charge in [-0.15, -0.1) is 0 Å². The molecule has 0 saturated heterocycles. The maximum atomic E-state index is 6.08. The van der Waals surface area contributed by atoms with E-state index in [4.69, 9.17) is 22.2 Å². The Morgan fingerprint density at radius 3 is 2.54 bits per heavy atom. The second kappa shape index (κ2) is 9.09. The van der Waals surface area contributed by atoms with E-state index >= 15 is 0 Å². The molecule has 0 atom stereocenters. The third kappa shape index (κ3) is 4.79. The Morgan fingerprint density at radius 1 is 1.12 bits per heavy atom. The molecule has 138 valence electrons. The van der Waals surface area contributed by atoms with E-state index in [1.807, 2.05) is 13.0 Å². The highest BCUT2D eigenvalue weighted by Crippen LogP contribution is 2.32. The lowest BCUT2D eigenvalue weighted by Crippen LogP contribution is -2.05. The number of nitrogens with zero attached hydrogens (tertiary/aromatic N) is 1. The van der Waals surface area contributed by atoms with Crippen LogP contribution >= 0.6 is 11.6 Å². The van der Waals surface area contributed by atoms with Gasteiger partial charge in [0.2, 0.25) is 0 Å². The van der Waals surface area contributed by atoms with Crippen LogP contribution < -0.4 is 5.73 Å². The molecule has 0 heterocycles. The fourth-order valence-electron chi connectivity index (χ4n) is 3.59. The largest absolute Gasteiger partial charge is 0.398 e. The molecule has 1 aliphatic carbocycles. The fourth-order valence-corrected chi connectivity index (χ4v) is 3.76. The zero-order valence-electron chi connectivity index (χ0n) is 15.4. The molecule has 3 nitrogen and oxygen atoms in total. The van der Waals surface area contributed by atoms with E-state index in [1.165, 1.54) is 37.7 Å². The van der Waals surface area contributed by atoms with E-state index in [1.54, 1.807) is 12.1 Å². The van der Waals surface area contributed by atoms with E-state index < -0.39 is 0 Å². The van der Waals surface area contributed by atoms with E-state index in [0.717, 1.165) is 29.2 Å². The van der Waals surface area contributed by atoms with Crippen LogP contribution in [0.2, 0.25) is 5.02 Å². The number of rotatable bonds is 6. The molecule has 2 aromatic carbocycles. The van der Waals surface area contributed by atoms with Crippen molar-refractivity contribution < 1.29 is 4.84 Å². The topological polar surface area (TPSA) is 47.6 Å². The molecule has 0 aromatic heterocycles. The van der Waals surface area contributed by atoms with E-state index in [0.29, 0.717) is 17.3 Å². The maximum Gasteiger partial charge on any atom is 0.142 e. The minimum absolute atomic E-state index is 0.453. The SMILES string of the molecule is CC/C(=N\OCc1ccc(C2CCCCC2)cc1)c1cc(Cl)ccc1N. The van der Waals surface area contributed by atoms with Crippen molar-refractivity contribution in [1.82, 2.24) is 0 Å². The summed E-state index contributed by atoms with van der Waals surface area (Å²) in [7, 11) is 0. The summed E-state index contributed by atoms with van der Waals surface area (Å²) in [5, 5.41) is 4.95. The Hall–Kier alpha value is -2.00. The first kappa shape index (κ1) is 18.8. The Morgan fingerprint density at radius 2 is 1.85 bits per heavy atom. The summed E-state index contributed by atoms with van der Waals surface area (Å²) in [6, 6.07) is 14.2. The average Bonchev–Trinajstić information content (AvgIpc) is 2.69. The molecule has 0 bridgehead atoms. The first-order valence-corrected chi connectivity index (χ1v) is 9.88. The summed E-state index contributed by atoms with van der Waals surface area (Å²) >= 11 is 6.08. The number of oxime groups is 1. The number of hydrogen-bond donors (Lipinski definition) is 1. The second-order valence-electron chi connectivity index (χ2n) is 6.97. The molecule has 2 aromatic rings. The van der Waals surface area contributed by atoms with Crippen LogP contribution in [0, 0.1) is 0 Å². The molecule has 2 N–H and O–H groups in total. The van der Waals surface area contributed by atoms with Gasteiger partial charge >= 0.3 is 0 Å². The number of anilines is 1. The smallest absolute Gasteiger partial charge is 0.142 e. The Kier molecular flexibility index (Phi) is 6.56.